The summed E-state index contributed by atoms with van der Waals surface area (Å²) in [5, 5.41) is 3.62. The van der Waals surface area contributed by atoms with Crippen molar-refractivity contribution < 1.29 is 4.74 Å². The molecule has 0 atom stereocenters. The summed E-state index contributed by atoms with van der Waals surface area (Å²) in [4.78, 5) is 2.40. The smallest absolute Gasteiger partial charge is 0.119 e. The van der Waals surface area contributed by atoms with Crippen LogP contribution in [-0.4, -0.2) is 38.2 Å². The summed E-state index contributed by atoms with van der Waals surface area (Å²) < 4.78 is 5.26. The summed E-state index contributed by atoms with van der Waals surface area (Å²) in [7, 11) is 6.13. The minimum Gasteiger partial charge on any atom is -0.497 e. The molecule has 1 saturated carbocycles. The van der Waals surface area contributed by atoms with E-state index in [1.165, 1.54) is 31.2 Å². The molecular formula is C16H26N2O. The number of benzene rings is 1. The fraction of sp³-hybridized carbons (Fsp3) is 0.625. The summed E-state index contributed by atoms with van der Waals surface area (Å²) in [5.74, 6) is 0.933. The molecule has 1 aromatic rings. The largest absolute Gasteiger partial charge is 0.497 e. The lowest BCUT2D eigenvalue weighted by atomic mass is 9.96. The molecule has 3 nitrogen and oxygen atoms in total. The van der Waals surface area contributed by atoms with Crippen molar-refractivity contribution in [3.63, 3.8) is 0 Å². The van der Waals surface area contributed by atoms with Crippen LogP contribution in [0.1, 0.15) is 31.2 Å². The topological polar surface area (TPSA) is 24.5 Å². The predicted molar refractivity (Wildman–Crippen MR) is 79.6 cm³/mol. The lowest BCUT2D eigenvalue weighted by Crippen LogP contribution is -2.49. The Balaban J connectivity index is 1.88. The molecule has 0 amide bonds. The first-order valence-corrected chi connectivity index (χ1v) is 7.17. The highest BCUT2D eigenvalue weighted by molar-refractivity contribution is 5.28. The molecule has 0 aliphatic heterocycles. The van der Waals surface area contributed by atoms with Gasteiger partial charge < -0.3 is 15.0 Å². The Bertz CT molecular complexity index is 397. The lowest BCUT2D eigenvalue weighted by molar-refractivity contribution is 0.153. The van der Waals surface area contributed by atoms with Crippen molar-refractivity contribution in [1.82, 2.24) is 10.2 Å². The fourth-order valence-corrected chi connectivity index (χ4v) is 3.04. The Kier molecular flexibility index (Phi) is 4.83. The zero-order chi connectivity index (χ0) is 13.7. The van der Waals surface area contributed by atoms with Crippen LogP contribution in [0.4, 0.5) is 0 Å². The highest BCUT2D eigenvalue weighted by Gasteiger charge is 2.35. The van der Waals surface area contributed by atoms with Gasteiger partial charge in [-0.05, 0) is 44.6 Å². The Morgan fingerprint density at radius 3 is 2.63 bits per heavy atom. The second-order valence-corrected chi connectivity index (χ2v) is 5.78. The SMILES string of the molecule is COc1cccc(CNCC2(N(C)C)CCCC2)c1. The first-order valence-electron chi connectivity index (χ1n) is 7.17. The Morgan fingerprint density at radius 2 is 2.00 bits per heavy atom. The van der Waals surface area contributed by atoms with Gasteiger partial charge in [-0.25, -0.2) is 0 Å². The molecular weight excluding hydrogens is 236 g/mol. The number of methoxy groups -OCH3 is 1. The predicted octanol–water partition coefficient (Wildman–Crippen LogP) is 2.66. The van der Waals surface area contributed by atoms with E-state index < -0.39 is 0 Å². The van der Waals surface area contributed by atoms with Crippen LogP contribution in [0.3, 0.4) is 0 Å². The third kappa shape index (κ3) is 3.48. The van der Waals surface area contributed by atoms with Gasteiger partial charge in [0.15, 0.2) is 0 Å². The third-order valence-electron chi connectivity index (χ3n) is 4.40. The van der Waals surface area contributed by atoms with Crippen LogP contribution >= 0.6 is 0 Å². The molecule has 0 unspecified atom stereocenters. The molecule has 1 fully saturated rings. The van der Waals surface area contributed by atoms with Crippen LogP contribution in [0.5, 0.6) is 5.75 Å². The van der Waals surface area contributed by atoms with Gasteiger partial charge in [-0.1, -0.05) is 25.0 Å². The molecule has 0 saturated heterocycles. The summed E-state index contributed by atoms with van der Waals surface area (Å²) in [5.41, 5.74) is 1.64. The van der Waals surface area contributed by atoms with Gasteiger partial charge in [0.2, 0.25) is 0 Å². The van der Waals surface area contributed by atoms with Gasteiger partial charge >= 0.3 is 0 Å². The molecule has 3 heteroatoms. The fourth-order valence-electron chi connectivity index (χ4n) is 3.04. The van der Waals surface area contributed by atoms with Crippen molar-refractivity contribution in [1.29, 1.82) is 0 Å². The van der Waals surface area contributed by atoms with Crippen LogP contribution in [0.15, 0.2) is 24.3 Å². The number of likely N-dealkylation sites (N-methyl/N-ethyl adjacent to an activating group) is 1. The highest BCUT2D eigenvalue weighted by atomic mass is 16.5. The van der Waals surface area contributed by atoms with Gasteiger partial charge in [0.25, 0.3) is 0 Å². The normalized spacial score (nSPS) is 17.9. The quantitative estimate of drug-likeness (QED) is 0.853. The van der Waals surface area contributed by atoms with E-state index in [9.17, 15) is 0 Å². The van der Waals surface area contributed by atoms with Crippen LogP contribution in [0.25, 0.3) is 0 Å². The average Bonchev–Trinajstić information content (AvgIpc) is 2.89. The van der Waals surface area contributed by atoms with Crippen LogP contribution in [0, 0.1) is 0 Å². The molecule has 1 aliphatic rings. The third-order valence-corrected chi connectivity index (χ3v) is 4.40. The lowest BCUT2D eigenvalue weighted by Gasteiger charge is -2.36. The minimum atomic E-state index is 0.360. The Labute approximate surface area is 116 Å². The summed E-state index contributed by atoms with van der Waals surface area (Å²) in [6.45, 7) is 1.98. The number of nitrogens with one attached hydrogen (secondary N) is 1. The number of rotatable bonds is 6. The van der Waals surface area contributed by atoms with Gasteiger partial charge in [-0.2, -0.15) is 0 Å². The van der Waals surface area contributed by atoms with Crippen LogP contribution in [-0.2, 0) is 6.54 Å². The Hall–Kier alpha value is -1.06. The molecule has 0 radical (unpaired) electrons. The molecule has 0 aromatic heterocycles. The van der Waals surface area contributed by atoms with E-state index in [4.69, 9.17) is 4.74 Å². The van der Waals surface area contributed by atoms with E-state index in [1.54, 1.807) is 7.11 Å². The van der Waals surface area contributed by atoms with Crippen molar-refractivity contribution in [2.75, 3.05) is 27.7 Å². The van der Waals surface area contributed by atoms with Crippen molar-refractivity contribution in [3.05, 3.63) is 29.8 Å². The molecule has 0 heterocycles. The summed E-state index contributed by atoms with van der Waals surface area (Å²) in [6, 6.07) is 8.28. The number of nitrogens with zero attached hydrogens (tertiary/aromatic N) is 1. The van der Waals surface area contributed by atoms with E-state index >= 15 is 0 Å². The van der Waals surface area contributed by atoms with Crippen LogP contribution in [0.2, 0.25) is 0 Å². The average molecular weight is 262 g/mol. The first-order chi connectivity index (χ1) is 9.16. The summed E-state index contributed by atoms with van der Waals surface area (Å²) in [6.07, 6.45) is 5.34. The number of hydrogen-bond donors (Lipinski definition) is 1. The summed E-state index contributed by atoms with van der Waals surface area (Å²) >= 11 is 0. The molecule has 0 spiro atoms. The van der Waals surface area contributed by atoms with E-state index in [0.717, 1.165) is 18.8 Å². The Morgan fingerprint density at radius 1 is 1.26 bits per heavy atom. The van der Waals surface area contributed by atoms with Crippen molar-refractivity contribution in [2.24, 2.45) is 0 Å². The monoisotopic (exact) mass is 262 g/mol. The molecule has 1 N–H and O–H groups in total. The van der Waals surface area contributed by atoms with Crippen LogP contribution < -0.4 is 10.1 Å². The van der Waals surface area contributed by atoms with Gasteiger partial charge in [0.1, 0.15) is 5.75 Å². The molecule has 106 valence electrons. The molecule has 1 aromatic carbocycles. The second-order valence-electron chi connectivity index (χ2n) is 5.78. The van der Waals surface area contributed by atoms with Gasteiger partial charge in [-0.15, -0.1) is 0 Å². The van der Waals surface area contributed by atoms with E-state index in [0.29, 0.717) is 5.54 Å². The van der Waals surface area contributed by atoms with E-state index in [1.807, 2.05) is 12.1 Å². The van der Waals surface area contributed by atoms with E-state index in [-0.39, 0.29) is 0 Å². The zero-order valence-corrected chi connectivity index (χ0v) is 12.4. The second kappa shape index (κ2) is 6.40. The van der Waals surface area contributed by atoms with Crippen molar-refractivity contribution in [2.45, 2.75) is 37.8 Å². The minimum absolute atomic E-state index is 0.360. The maximum Gasteiger partial charge on any atom is 0.119 e. The molecule has 1 aliphatic carbocycles. The maximum absolute atomic E-state index is 5.26. The van der Waals surface area contributed by atoms with Gasteiger partial charge in [-0.3, -0.25) is 0 Å². The molecule has 19 heavy (non-hydrogen) atoms. The zero-order valence-electron chi connectivity index (χ0n) is 12.4. The maximum atomic E-state index is 5.26. The van der Waals surface area contributed by atoms with Gasteiger partial charge in [0, 0.05) is 18.6 Å². The van der Waals surface area contributed by atoms with Gasteiger partial charge in [0.05, 0.1) is 7.11 Å². The molecule has 2 rings (SSSR count). The standard InChI is InChI=1S/C16H26N2O/c1-18(2)16(9-4-5-10-16)13-17-12-14-7-6-8-15(11-14)19-3/h6-8,11,17H,4-5,9-10,12-13H2,1-3H3. The number of hydrogen-bond acceptors (Lipinski definition) is 3. The van der Waals surface area contributed by atoms with Crippen molar-refractivity contribution in [3.8, 4) is 5.75 Å². The highest BCUT2D eigenvalue weighted by Crippen LogP contribution is 2.33. The van der Waals surface area contributed by atoms with E-state index in [2.05, 4.69) is 36.4 Å². The number of ether oxygens (including phenoxy) is 1. The van der Waals surface area contributed by atoms with Crippen molar-refractivity contribution >= 4 is 0 Å². The first kappa shape index (κ1) is 14.4. The molecule has 0 bridgehead atoms.